The number of oxazole rings is 1. The SMILES string of the molecule is Cn1c(=O)oc2cc(CNC=O)ccc21. The van der Waals surface area contributed by atoms with Gasteiger partial charge in [-0.15, -0.1) is 0 Å². The van der Waals surface area contributed by atoms with E-state index < -0.39 is 0 Å². The molecule has 2 rings (SSSR count). The van der Waals surface area contributed by atoms with Gasteiger partial charge in [0.1, 0.15) is 0 Å². The molecule has 0 aliphatic rings. The molecule has 0 unspecified atom stereocenters. The zero-order valence-corrected chi connectivity index (χ0v) is 8.19. The highest BCUT2D eigenvalue weighted by Gasteiger charge is 2.05. The minimum Gasteiger partial charge on any atom is -0.408 e. The predicted octanol–water partition coefficient (Wildman–Crippen LogP) is 0.377. The first-order valence-electron chi connectivity index (χ1n) is 4.48. The van der Waals surface area contributed by atoms with Gasteiger partial charge in [0.2, 0.25) is 6.41 Å². The Bertz CT molecular complexity index is 553. The van der Waals surface area contributed by atoms with Gasteiger partial charge in [-0.3, -0.25) is 9.36 Å². The molecule has 0 atom stereocenters. The third kappa shape index (κ3) is 1.63. The number of hydrogen-bond donors (Lipinski definition) is 1. The Morgan fingerprint density at radius 2 is 2.33 bits per heavy atom. The number of rotatable bonds is 3. The Labute approximate surface area is 85.3 Å². The molecule has 1 heterocycles. The third-order valence-electron chi connectivity index (χ3n) is 2.25. The van der Waals surface area contributed by atoms with Crippen LogP contribution in [0.4, 0.5) is 0 Å². The summed E-state index contributed by atoms with van der Waals surface area (Å²) in [5.41, 5.74) is 2.17. The van der Waals surface area contributed by atoms with Crippen molar-refractivity contribution in [3.05, 3.63) is 34.3 Å². The highest BCUT2D eigenvalue weighted by atomic mass is 16.4. The maximum absolute atomic E-state index is 11.2. The molecule has 0 spiro atoms. The van der Waals surface area contributed by atoms with Gasteiger partial charge in [-0.1, -0.05) is 6.07 Å². The topological polar surface area (TPSA) is 64.2 Å². The molecular weight excluding hydrogens is 196 g/mol. The van der Waals surface area contributed by atoms with Crippen LogP contribution in [-0.2, 0) is 18.4 Å². The van der Waals surface area contributed by atoms with Crippen LogP contribution in [0.5, 0.6) is 0 Å². The van der Waals surface area contributed by atoms with Crippen LogP contribution in [0.15, 0.2) is 27.4 Å². The van der Waals surface area contributed by atoms with Gasteiger partial charge < -0.3 is 9.73 Å². The molecule has 78 valence electrons. The molecule has 15 heavy (non-hydrogen) atoms. The second-order valence-electron chi connectivity index (χ2n) is 3.23. The minimum absolute atomic E-state index is 0.384. The number of carbonyl (C=O) groups is 1. The van der Waals surface area contributed by atoms with E-state index in [4.69, 9.17) is 4.42 Å². The highest BCUT2D eigenvalue weighted by Crippen LogP contribution is 2.13. The summed E-state index contributed by atoms with van der Waals surface area (Å²) < 4.78 is 6.45. The second-order valence-corrected chi connectivity index (χ2v) is 3.23. The molecule has 0 aliphatic heterocycles. The largest absolute Gasteiger partial charge is 0.419 e. The van der Waals surface area contributed by atoms with E-state index in [0.29, 0.717) is 18.5 Å². The molecule has 0 bridgehead atoms. The lowest BCUT2D eigenvalue weighted by atomic mass is 10.2. The quantitative estimate of drug-likeness (QED) is 0.738. The molecule has 0 radical (unpaired) electrons. The van der Waals surface area contributed by atoms with Gasteiger partial charge in [0.05, 0.1) is 5.52 Å². The maximum atomic E-state index is 11.2. The van der Waals surface area contributed by atoms with Crippen LogP contribution in [0.1, 0.15) is 5.56 Å². The molecule has 5 heteroatoms. The Balaban J connectivity index is 2.47. The predicted molar refractivity (Wildman–Crippen MR) is 54.4 cm³/mol. The number of aromatic nitrogens is 1. The summed E-state index contributed by atoms with van der Waals surface area (Å²) in [6.07, 6.45) is 0.630. The zero-order valence-electron chi connectivity index (χ0n) is 8.19. The molecule has 0 aliphatic carbocycles. The molecule has 0 saturated carbocycles. The van der Waals surface area contributed by atoms with Gasteiger partial charge in [-0.25, -0.2) is 4.79 Å². The first-order valence-corrected chi connectivity index (χ1v) is 4.48. The fraction of sp³-hybridized carbons (Fsp3) is 0.200. The van der Waals surface area contributed by atoms with E-state index >= 15 is 0 Å². The first kappa shape index (κ1) is 9.51. The number of hydrogen-bond acceptors (Lipinski definition) is 3. The molecule has 2 aromatic rings. The highest BCUT2D eigenvalue weighted by molar-refractivity contribution is 5.73. The van der Waals surface area contributed by atoms with E-state index in [2.05, 4.69) is 5.32 Å². The van der Waals surface area contributed by atoms with E-state index in [-0.39, 0.29) is 5.76 Å². The lowest BCUT2D eigenvalue weighted by molar-refractivity contribution is -0.109. The van der Waals surface area contributed by atoms with Crippen LogP contribution in [0.25, 0.3) is 11.1 Å². The summed E-state index contributed by atoms with van der Waals surface area (Å²) in [5.74, 6) is -0.384. The van der Waals surface area contributed by atoms with Crippen molar-refractivity contribution in [2.45, 2.75) is 6.54 Å². The number of nitrogens with one attached hydrogen (secondary N) is 1. The van der Waals surface area contributed by atoms with Crippen molar-refractivity contribution in [2.75, 3.05) is 0 Å². The molecule has 1 amide bonds. The number of aryl methyl sites for hydroxylation is 1. The third-order valence-corrected chi connectivity index (χ3v) is 2.25. The summed E-state index contributed by atoms with van der Waals surface area (Å²) in [4.78, 5) is 21.3. The Hall–Kier alpha value is -2.04. The molecule has 1 aromatic carbocycles. The van der Waals surface area contributed by atoms with Gasteiger partial charge in [0, 0.05) is 13.6 Å². The number of nitrogens with zero attached hydrogens (tertiary/aromatic N) is 1. The van der Waals surface area contributed by atoms with E-state index in [1.165, 1.54) is 4.57 Å². The Morgan fingerprint density at radius 3 is 3.07 bits per heavy atom. The van der Waals surface area contributed by atoms with Gasteiger partial charge in [-0.2, -0.15) is 0 Å². The fourth-order valence-corrected chi connectivity index (χ4v) is 1.45. The first-order chi connectivity index (χ1) is 7.22. The van der Waals surface area contributed by atoms with Crippen LogP contribution in [0.3, 0.4) is 0 Å². The van der Waals surface area contributed by atoms with Crippen molar-refractivity contribution in [1.29, 1.82) is 0 Å². The van der Waals surface area contributed by atoms with Crippen LogP contribution in [0, 0.1) is 0 Å². The van der Waals surface area contributed by atoms with Crippen LogP contribution < -0.4 is 11.1 Å². The van der Waals surface area contributed by atoms with Crippen molar-refractivity contribution in [1.82, 2.24) is 9.88 Å². The summed E-state index contributed by atoms with van der Waals surface area (Å²) in [5, 5.41) is 2.54. The minimum atomic E-state index is -0.384. The number of fused-ring (bicyclic) bond motifs is 1. The van der Waals surface area contributed by atoms with Crippen molar-refractivity contribution < 1.29 is 9.21 Å². The molecular formula is C10H10N2O3. The van der Waals surface area contributed by atoms with Crippen LogP contribution >= 0.6 is 0 Å². The average molecular weight is 206 g/mol. The smallest absolute Gasteiger partial charge is 0.408 e. The number of amides is 1. The van der Waals surface area contributed by atoms with E-state index in [1.54, 1.807) is 19.2 Å². The van der Waals surface area contributed by atoms with Gasteiger partial charge in [-0.05, 0) is 17.7 Å². The number of benzene rings is 1. The van der Waals surface area contributed by atoms with E-state index in [9.17, 15) is 9.59 Å². The summed E-state index contributed by atoms with van der Waals surface area (Å²) in [6, 6.07) is 5.38. The molecule has 5 nitrogen and oxygen atoms in total. The monoisotopic (exact) mass is 206 g/mol. The van der Waals surface area contributed by atoms with Gasteiger partial charge >= 0.3 is 5.76 Å². The molecule has 1 aromatic heterocycles. The summed E-state index contributed by atoms with van der Waals surface area (Å²) >= 11 is 0. The van der Waals surface area contributed by atoms with Crippen molar-refractivity contribution in [2.24, 2.45) is 7.05 Å². The summed E-state index contributed by atoms with van der Waals surface area (Å²) in [6.45, 7) is 0.429. The Kier molecular flexibility index (Phi) is 2.29. The maximum Gasteiger partial charge on any atom is 0.419 e. The van der Waals surface area contributed by atoms with Crippen molar-refractivity contribution in [3.63, 3.8) is 0 Å². The second kappa shape index (κ2) is 3.61. The Morgan fingerprint density at radius 1 is 1.53 bits per heavy atom. The van der Waals surface area contributed by atoms with Crippen molar-refractivity contribution in [3.8, 4) is 0 Å². The molecule has 0 fully saturated rings. The standard InChI is InChI=1S/C10H10N2O3/c1-12-8-3-2-7(5-11-6-13)4-9(8)15-10(12)14/h2-4,6H,5H2,1H3,(H,11,13). The van der Waals surface area contributed by atoms with E-state index in [0.717, 1.165) is 11.1 Å². The lowest BCUT2D eigenvalue weighted by Gasteiger charge is -1.98. The van der Waals surface area contributed by atoms with Gasteiger partial charge in [0.15, 0.2) is 5.58 Å². The van der Waals surface area contributed by atoms with E-state index in [1.807, 2.05) is 6.07 Å². The fourth-order valence-electron chi connectivity index (χ4n) is 1.45. The summed E-state index contributed by atoms with van der Waals surface area (Å²) in [7, 11) is 1.65. The molecule has 0 saturated heterocycles. The normalized spacial score (nSPS) is 10.5. The lowest BCUT2D eigenvalue weighted by Crippen LogP contribution is -2.09. The van der Waals surface area contributed by atoms with Crippen LogP contribution in [0.2, 0.25) is 0 Å². The van der Waals surface area contributed by atoms with Crippen LogP contribution in [-0.4, -0.2) is 11.0 Å². The average Bonchev–Trinajstić information content (AvgIpc) is 2.52. The molecule has 1 N–H and O–H groups in total. The van der Waals surface area contributed by atoms with Crippen molar-refractivity contribution >= 4 is 17.5 Å². The number of carbonyl (C=O) groups excluding carboxylic acids is 1. The van der Waals surface area contributed by atoms with Gasteiger partial charge in [0.25, 0.3) is 0 Å². The zero-order chi connectivity index (χ0) is 10.8.